The Hall–Kier alpha value is -11.0. The highest BCUT2D eigenvalue weighted by Crippen LogP contribution is 2.55. The van der Waals surface area contributed by atoms with Crippen LogP contribution in [-0.2, 0) is 47.1 Å². The summed E-state index contributed by atoms with van der Waals surface area (Å²) in [6.45, 7) is 64.7. The van der Waals surface area contributed by atoms with Crippen LogP contribution in [0.3, 0.4) is 0 Å². The molecule has 0 radical (unpaired) electrons. The molecule has 0 amide bonds. The zero-order valence-corrected chi connectivity index (χ0v) is 85.8. The van der Waals surface area contributed by atoms with Gasteiger partial charge in [-0.15, -0.1) is 0 Å². The standard InChI is InChI=1S/C56H64O8P2.C56H64O6P2/c1-31-17-35(5)49-41(21-31)42-22-32(2)18-36(6)50(42)62-65(61-49)29-59-53-45(25-39(57-15)27-47(53)55(9,10)11)46-26-40(58-16)28-48(56(12,13)14)54(46)60-30-66-63-51-37(7)19-33(3)23-43(51)44-24-34(4)20-38(8)52(44)64-66;1-31-17-37(7)49(57-29-63-59-51-39(9)19-33(3)23-43(51)44-24-34(4)20-40(10)52(44)60-63)41(21-31)42-22-32(2)18-38(8)50(42)58-30-64-61-53-45(25-35(5)27-47(53)55(11,12)13)46-26-36(6)28-48(54(46)62-64)56(14,15)16/h17-28H,29-30H2,1-16H3;17-28H,29-30H2,1-16H3. The van der Waals surface area contributed by atoms with Crippen molar-refractivity contribution in [2.24, 2.45) is 0 Å². The van der Waals surface area contributed by atoms with E-state index in [9.17, 15) is 0 Å². The lowest BCUT2D eigenvalue weighted by molar-refractivity contribution is 0.317. The maximum absolute atomic E-state index is 7.17. The molecule has 680 valence electrons. The van der Waals surface area contributed by atoms with Gasteiger partial charge >= 0.3 is 0 Å². The van der Waals surface area contributed by atoms with Crippen molar-refractivity contribution >= 4 is 120 Å². The zero-order chi connectivity index (χ0) is 93.7. The van der Waals surface area contributed by atoms with Crippen LogP contribution >= 0.6 is 32.1 Å². The molecular formula is C112H128O14P4. The first-order valence-corrected chi connectivity index (χ1v) is 50.4. The summed E-state index contributed by atoms with van der Waals surface area (Å²) in [6.07, 6.45) is 0.730. The molecule has 0 unspecified atom stereocenters. The lowest BCUT2D eigenvalue weighted by Gasteiger charge is -2.29. The number of fused-ring (bicyclic) bond motifs is 12. The Morgan fingerprint density at radius 1 is 0.200 bits per heavy atom. The number of hydrogen-bond acceptors (Lipinski definition) is 14. The molecular weight excluding hydrogens is 1690 g/mol. The Morgan fingerprint density at radius 2 is 0.385 bits per heavy atom. The highest BCUT2D eigenvalue weighted by atomic mass is 31.1. The van der Waals surface area contributed by atoms with Crippen molar-refractivity contribution in [2.75, 3.05) is 14.2 Å². The normalized spacial score (nSPS) is 12.1. The molecule has 0 spiro atoms. The van der Waals surface area contributed by atoms with E-state index in [4.69, 9.17) is 62.0 Å². The summed E-state index contributed by atoms with van der Waals surface area (Å²) in [6, 6.07) is 52.1. The fraction of sp³-hybridized carbons (Fsp3) is 0.357. The first kappa shape index (κ1) is 93.7. The molecule has 14 nitrogen and oxygen atoms in total. The third kappa shape index (κ3) is 19.4. The van der Waals surface area contributed by atoms with Gasteiger partial charge in [-0.1, -0.05) is 144 Å². The highest BCUT2D eigenvalue weighted by molar-refractivity contribution is 7.36. The summed E-state index contributed by atoms with van der Waals surface area (Å²) in [5, 5.41) is 8.34. The van der Waals surface area contributed by atoms with Crippen LogP contribution in [0.5, 0.6) is 34.5 Å². The van der Waals surface area contributed by atoms with E-state index >= 15 is 0 Å². The summed E-state index contributed by atoms with van der Waals surface area (Å²) in [5.74, 6) is 4.26. The minimum absolute atomic E-state index is 0.146. The number of ether oxygens (including phenoxy) is 6. The van der Waals surface area contributed by atoms with Gasteiger partial charge in [0, 0.05) is 87.6 Å². The van der Waals surface area contributed by atoms with Gasteiger partial charge in [0.1, 0.15) is 79.2 Å². The molecule has 0 saturated heterocycles. The quantitative estimate of drug-likeness (QED) is 0.0899. The molecule has 4 aromatic heterocycles. The average Bonchev–Trinajstić information content (AvgIpc) is 1.26. The molecule has 0 saturated carbocycles. The molecule has 0 fully saturated rings. The van der Waals surface area contributed by atoms with Gasteiger partial charge in [-0.3, -0.25) is 0 Å². The third-order valence-corrected chi connectivity index (χ3v) is 28.6. The predicted octanol–water partition coefficient (Wildman–Crippen LogP) is 36.0. The Bertz CT molecular complexity index is 6890. The largest absolute Gasteiger partial charge is 0.497 e. The number of aryl methyl sites for hydroxylation is 18. The second-order valence-corrected chi connectivity index (χ2v) is 45.5. The van der Waals surface area contributed by atoms with E-state index in [2.05, 4.69) is 341 Å². The van der Waals surface area contributed by atoms with Gasteiger partial charge in [0.05, 0.1) is 14.2 Å². The molecule has 16 aromatic rings. The smallest absolute Gasteiger partial charge is 0.257 e. The topological polar surface area (TPSA) is 160 Å². The summed E-state index contributed by atoms with van der Waals surface area (Å²) >= 11 is 0. The average molecular weight is 1820 g/mol. The third-order valence-electron chi connectivity index (χ3n) is 24.2. The van der Waals surface area contributed by atoms with E-state index in [1.165, 1.54) is 22.3 Å². The van der Waals surface area contributed by atoms with Gasteiger partial charge in [-0.2, -0.15) is 0 Å². The van der Waals surface area contributed by atoms with Gasteiger partial charge in [0.15, 0.2) is 25.4 Å². The van der Waals surface area contributed by atoms with Crippen molar-refractivity contribution in [3.05, 3.63) is 268 Å². The number of methoxy groups -OCH3 is 2. The van der Waals surface area contributed by atoms with Gasteiger partial charge < -0.3 is 62.0 Å². The van der Waals surface area contributed by atoms with Gasteiger partial charge in [-0.25, -0.2) is 0 Å². The van der Waals surface area contributed by atoms with Crippen molar-refractivity contribution in [3.63, 3.8) is 0 Å². The van der Waals surface area contributed by atoms with Crippen molar-refractivity contribution < 1.29 is 62.0 Å². The van der Waals surface area contributed by atoms with Crippen molar-refractivity contribution in [1.29, 1.82) is 0 Å². The molecule has 0 atom stereocenters. The van der Waals surface area contributed by atoms with Crippen molar-refractivity contribution in [1.82, 2.24) is 0 Å². The van der Waals surface area contributed by atoms with Crippen molar-refractivity contribution in [3.8, 4) is 56.8 Å². The molecule has 18 heteroatoms. The number of benzene rings is 12. The Balaban J connectivity index is 0.000000199. The Kier molecular flexibility index (Phi) is 26.2. The second kappa shape index (κ2) is 36.3. The van der Waals surface area contributed by atoms with E-state index in [1.54, 1.807) is 14.2 Å². The Morgan fingerprint density at radius 3 is 0.608 bits per heavy atom. The number of hydrogen-bond donors (Lipinski definition) is 0. The summed E-state index contributed by atoms with van der Waals surface area (Å²) in [5.41, 5.74) is 33.3. The van der Waals surface area contributed by atoms with E-state index in [-0.39, 0.29) is 47.1 Å². The fourth-order valence-electron chi connectivity index (χ4n) is 18.4. The molecule has 0 bridgehead atoms. The van der Waals surface area contributed by atoms with E-state index in [0.29, 0.717) is 23.0 Å². The van der Waals surface area contributed by atoms with Crippen LogP contribution in [0.1, 0.15) is 205 Å². The SMILES string of the molecule is COc1cc(-c2cc(OC)cc(C(C)(C)C)c2OCp2oc3c(C)cc(C)cc3c3cc(C)cc(C)c3o2)c(OCp2oc3c(C)cc(C)cc3c3cc(C)cc(C)c3o2)c(C(C)(C)C)c1.Cc1cc(C)c(OCp2oc3c(C)cc(C)cc3c3cc(C)cc(C)c3o2)c(-c2cc(C)cc(C)c2OCp2oc3c(C(C)(C)C)cc(C)cc3c3cc(C)cc(C(C)(C)C)c3o2)c1. The first-order chi connectivity index (χ1) is 61.2. The highest BCUT2D eigenvalue weighted by Gasteiger charge is 2.33. The first-order valence-electron chi connectivity index (χ1n) is 44.9. The molecule has 12 aromatic carbocycles. The minimum Gasteiger partial charge on any atom is -0.497 e. The molecule has 0 aliphatic rings. The van der Waals surface area contributed by atoms with Crippen LogP contribution in [0, 0.1) is 125 Å². The second-order valence-electron chi connectivity index (χ2n) is 40.3. The van der Waals surface area contributed by atoms with Gasteiger partial charge in [-0.05, 0) is 331 Å². The maximum atomic E-state index is 7.17. The van der Waals surface area contributed by atoms with Crippen LogP contribution in [0.4, 0.5) is 0 Å². The maximum Gasteiger partial charge on any atom is 0.257 e. The van der Waals surface area contributed by atoms with Crippen molar-refractivity contribution in [2.45, 2.75) is 255 Å². The molecule has 0 N–H and O–H groups in total. The summed E-state index contributed by atoms with van der Waals surface area (Å²) in [7, 11) is -3.04. The van der Waals surface area contributed by atoms with Crippen LogP contribution in [0.25, 0.3) is 110 Å². The van der Waals surface area contributed by atoms with Crippen LogP contribution in [-0.4, -0.2) is 14.2 Å². The lowest BCUT2D eigenvalue weighted by atomic mass is 9.81. The minimum atomic E-state index is -1.64. The van der Waals surface area contributed by atoms with Crippen LogP contribution in [0.2, 0.25) is 0 Å². The summed E-state index contributed by atoms with van der Waals surface area (Å²) in [4.78, 5) is 0. The summed E-state index contributed by atoms with van der Waals surface area (Å²) < 4.78 is 95.9. The van der Waals surface area contributed by atoms with Crippen LogP contribution < -0.4 is 28.4 Å². The predicted molar refractivity (Wildman–Crippen MR) is 545 cm³/mol. The van der Waals surface area contributed by atoms with Gasteiger partial charge in [0.25, 0.3) is 32.1 Å². The fourth-order valence-corrected chi connectivity index (χ4v) is 23.4. The van der Waals surface area contributed by atoms with Crippen LogP contribution in [0.15, 0.2) is 179 Å². The Labute approximate surface area is 770 Å². The lowest BCUT2D eigenvalue weighted by Crippen LogP contribution is -2.16. The molecule has 4 heterocycles. The van der Waals surface area contributed by atoms with E-state index in [1.807, 2.05) is 12.1 Å². The molecule has 16 rings (SSSR count). The molecule has 0 aliphatic heterocycles. The zero-order valence-electron chi connectivity index (χ0n) is 82.2. The molecule has 130 heavy (non-hydrogen) atoms. The number of rotatable bonds is 16. The molecule has 0 aliphatic carbocycles. The van der Waals surface area contributed by atoms with E-state index < -0.39 is 32.1 Å². The van der Waals surface area contributed by atoms with Gasteiger partial charge in [0.2, 0.25) is 0 Å². The monoisotopic (exact) mass is 1820 g/mol. The van der Waals surface area contributed by atoms with E-state index in [0.717, 1.165) is 222 Å².